The van der Waals surface area contributed by atoms with E-state index >= 15 is 0 Å². The molecule has 0 spiro atoms. The zero-order valence-electron chi connectivity index (χ0n) is 14.6. The van der Waals surface area contributed by atoms with E-state index in [4.69, 9.17) is 0 Å². The number of carbonyl (C=O) groups is 1. The van der Waals surface area contributed by atoms with Gasteiger partial charge in [-0.1, -0.05) is 38.5 Å². The molecular weight excluding hydrogens is 300 g/mol. The minimum atomic E-state index is 0.110. The Labute approximate surface area is 145 Å². The standard InChI is InChI=1S/C19H30N4O/c24-19(22-13-11-20(15-22)17-7-3-1-4-8-17)23-14-12-21(16-23)18-9-5-2-6-10-18/h11-14,17-18H,1-10,15-16H2. The molecule has 2 heterocycles. The zero-order chi connectivity index (χ0) is 16.4. The number of rotatable bonds is 2. The van der Waals surface area contributed by atoms with E-state index < -0.39 is 0 Å². The minimum absolute atomic E-state index is 0.110. The summed E-state index contributed by atoms with van der Waals surface area (Å²) in [5, 5.41) is 0. The van der Waals surface area contributed by atoms with E-state index in [2.05, 4.69) is 22.2 Å². The van der Waals surface area contributed by atoms with Gasteiger partial charge in [-0.25, -0.2) is 4.79 Å². The first-order valence-corrected chi connectivity index (χ1v) is 9.77. The van der Waals surface area contributed by atoms with Crippen LogP contribution in [0.1, 0.15) is 64.2 Å². The summed E-state index contributed by atoms with van der Waals surface area (Å²) < 4.78 is 0. The maximum absolute atomic E-state index is 12.8. The van der Waals surface area contributed by atoms with Gasteiger partial charge in [-0.05, 0) is 25.7 Å². The second-order valence-corrected chi connectivity index (χ2v) is 7.71. The van der Waals surface area contributed by atoms with Crippen LogP contribution in [-0.2, 0) is 0 Å². The van der Waals surface area contributed by atoms with Crippen molar-refractivity contribution < 1.29 is 4.79 Å². The molecule has 2 aliphatic carbocycles. The van der Waals surface area contributed by atoms with Crippen molar-refractivity contribution in [2.45, 2.75) is 76.3 Å². The fourth-order valence-electron chi connectivity index (χ4n) is 4.59. The molecule has 2 fully saturated rings. The molecule has 0 unspecified atom stereocenters. The number of urea groups is 1. The SMILES string of the molecule is O=C(N1C=CN(C2CCCCC2)C1)N1C=CN(C2CCCCC2)C1. The average Bonchev–Trinajstić information content (AvgIpc) is 3.33. The van der Waals surface area contributed by atoms with Gasteiger partial charge in [0.15, 0.2) is 0 Å². The fourth-order valence-corrected chi connectivity index (χ4v) is 4.59. The highest BCUT2D eigenvalue weighted by molar-refractivity contribution is 5.77. The maximum Gasteiger partial charge on any atom is 0.331 e. The van der Waals surface area contributed by atoms with Crippen LogP contribution in [0.5, 0.6) is 0 Å². The Morgan fingerprint density at radius 2 is 1.04 bits per heavy atom. The summed E-state index contributed by atoms with van der Waals surface area (Å²) in [6, 6.07) is 1.36. The van der Waals surface area contributed by atoms with Gasteiger partial charge in [0.05, 0.1) is 13.3 Å². The highest BCUT2D eigenvalue weighted by Crippen LogP contribution is 2.27. The van der Waals surface area contributed by atoms with Crippen LogP contribution in [0.3, 0.4) is 0 Å². The summed E-state index contributed by atoms with van der Waals surface area (Å²) in [5.74, 6) is 0. The largest absolute Gasteiger partial charge is 0.355 e. The van der Waals surface area contributed by atoms with E-state index in [1.807, 2.05) is 22.2 Å². The lowest BCUT2D eigenvalue weighted by Crippen LogP contribution is -2.44. The third-order valence-electron chi connectivity index (χ3n) is 6.09. The second-order valence-electron chi connectivity index (χ2n) is 7.71. The molecule has 2 saturated carbocycles. The molecule has 0 radical (unpaired) electrons. The molecule has 0 aromatic rings. The first-order valence-electron chi connectivity index (χ1n) is 9.77. The normalized spacial score (nSPS) is 26.0. The minimum Gasteiger partial charge on any atom is -0.355 e. The lowest BCUT2D eigenvalue weighted by atomic mass is 9.95. The molecule has 0 saturated heterocycles. The number of nitrogens with zero attached hydrogens (tertiary/aromatic N) is 4. The van der Waals surface area contributed by atoms with E-state index in [1.54, 1.807) is 0 Å². The summed E-state index contributed by atoms with van der Waals surface area (Å²) in [6.07, 6.45) is 21.3. The van der Waals surface area contributed by atoms with E-state index in [0.717, 1.165) is 13.3 Å². The quantitative estimate of drug-likeness (QED) is 0.770. The van der Waals surface area contributed by atoms with Gasteiger partial charge in [0.1, 0.15) is 0 Å². The Kier molecular flexibility index (Phi) is 4.67. The highest BCUT2D eigenvalue weighted by atomic mass is 16.2. The lowest BCUT2D eigenvalue weighted by Gasteiger charge is -2.34. The number of hydrogen-bond donors (Lipinski definition) is 0. The monoisotopic (exact) mass is 330 g/mol. The third kappa shape index (κ3) is 3.26. The van der Waals surface area contributed by atoms with Crippen LogP contribution < -0.4 is 0 Å². The zero-order valence-corrected chi connectivity index (χ0v) is 14.6. The molecule has 2 amide bonds. The smallest absolute Gasteiger partial charge is 0.331 e. The van der Waals surface area contributed by atoms with Crippen molar-refractivity contribution in [3.8, 4) is 0 Å². The van der Waals surface area contributed by atoms with Crippen LogP contribution in [0, 0.1) is 0 Å². The topological polar surface area (TPSA) is 30.0 Å². The van der Waals surface area contributed by atoms with Gasteiger partial charge in [0.25, 0.3) is 0 Å². The van der Waals surface area contributed by atoms with Crippen LogP contribution in [0.15, 0.2) is 24.8 Å². The molecule has 0 aromatic heterocycles. The van der Waals surface area contributed by atoms with E-state index in [-0.39, 0.29) is 6.03 Å². The Balaban J connectivity index is 1.29. The molecule has 4 aliphatic rings. The third-order valence-corrected chi connectivity index (χ3v) is 6.09. The van der Waals surface area contributed by atoms with Crippen LogP contribution >= 0.6 is 0 Å². The molecule has 4 rings (SSSR count). The van der Waals surface area contributed by atoms with Crippen molar-refractivity contribution in [1.82, 2.24) is 19.6 Å². The van der Waals surface area contributed by atoms with Crippen molar-refractivity contribution in [3.63, 3.8) is 0 Å². The lowest BCUT2D eigenvalue weighted by molar-refractivity contribution is 0.136. The first kappa shape index (κ1) is 15.9. The van der Waals surface area contributed by atoms with Gasteiger partial charge in [0.2, 0.25) is 0 Å². The second kappa shape index (κ2) is 7.08. The number of amides is 2. The van der Waals surface area contributed by atoms with Crippen LogP contribution in [0.25, 0.3) is 0 Å². The summed E-state index contributed by atoms with van der Waals surface area (Å²) in [4.78, 5) is 21.2. The highest BCUT2D eigenvalue weighted by Gasteiger charge is 2.31. The van der Waals surface area contributed by atoms with Crippen molar-refractivity contribution in [1.29, 1.82) is 0 Å². The van der Waals surface area contributed by atoms with E-state index in [9.17, 15) is 4.79 Å². The van der Waals surface area contributed by atoms with E-state index in [0.29, 0.717) is 12.1 Å². The molecule has 5 nitrogen and oxygen atoms in total. The summed E-state index contributed by atoms with van der Waals surface area (Å²) in [7, 11) is 0. The van der Waals surface area contributed by atoms with Crippen molar-refractivity contribution in [2.24, 2.45) is 0 Å². The van der Waals surface area contributed by atoms with Crippen molar-refractivity contribution in [2.75, 3.05) is 13.3 Å². The molecule has 132 valence electrons. The Bertz CT molecular complexity index is 461. The fraction of sp³-hybridized carbons (Fsp3) is 0.737. The van der Waals surface area contributed by atoms with Gasteiger partial charge in [-0.2, -0.15) is 0 Å². The van der Waals surface area contributed by atoms with Crippen LogP contribution in [-0.4, -0.2) is 51.1 Å². The predicted molar refractivity (Wildman–Crippen MR) is 94.5 cm³/mol. The average molecular weight is 330 g/mol. The molecule has 2 aliphatic heterocycles. The Morgan fingerprint density at radius 3 is 1.46 bits per heavy atom. The number of carbonyl (C=O) groups excluding carboxylic acids is 1. The predicted octanol–water partition coefficient (Wildman–Crippen LogP) is 3.86. The molecule has 0 bridgehead atoms. The molecule has 0 aromatic carbocycles. The van der Waals surface area contributed by atoms with Gasteiger partial charge in [-0.3, -0.25) is 9.80 Å². The molecule has 24 heavy (non-hydrogen) atoms. The first-order chi connectivity index (χ1) is 11.8. The van der Waals surface area contributed by atoms with Crippen molar-refractivity contribution in [3.05, 3.63) is 24.8 Å². The molecule has 0 N–H and O–H groups in total. The summed E-state index contributed by atoms with van der Waals surface area (Å²) in [5.41, 5.74) is 0. The Hall–Kier alpha value is -1.65. The van der Waals surface area contributed by atoms with Gasteiger partial charge >= 0.3 is 6.03 Å². The molecular formula is C19H30N4O. The van der Waals surface area contributed by atoms with Crippen molar-refractivity contribution >= 4 is 6.03 Å². The molecule has 5 heteroatoms. The summed E-state index contributed by atoms with van der Waals surface area (Å²) in [6.45, 7) is 1.44. The number of hydrogen-bond acceptors (Lipinski definition) is 3. The van der Waals surface area contributed by atoms with Gasteiger partial charge in [0, 0.05) is 36.9 Å². The molecule has 0 atom stereocenters. The summed E-state index contributed by atoms with van der Waals surface area (Å²) >= 11 is 0. The Morgan fingerprint density at radius 1 is 0.625 bits per heavy atom. The van der Waals surface area contributed by atoms with Crippen LogP contribution in [0.2, 0.25) is 0 Å². The van der Waals surface area contributed by atoms with Gasteiger partial charge in [-0.15, -0.1) is 0 Å². The maximum atomic E-state index is 12.8. The van der Waals surface area contributed by atoms with Gasteiger partial charge < -0.3 is 9.80 Å². The van der Waals surface area contributed by atoms with E-state index in [1.165, 1.54) is 64.2 Å². The van der Waals surface area contributed by atoms with Crippen LogP contribution in [0.4, 0.5) is 4.79 Å².